The van der Waals surface area contributed by atoms with Gasteiger partial charge in [0.05, 0.1) is 17.4 Å². The number of rotatable bonds is 3. The van der Waals surface area contributed by atoms with E-state index in [0.717, 1.165) is 17.5 Å². The van der Waals surface area contributed by atoms with Gasteiger partial charge >= 0.3 is 0 Å². The first-order valence-corrected chi connectivity index (χ1v) is 5.83. The number of hydrogen-bond acceptors (Lipinski definition) is 2. The monoisotopic (exact) mass is 231 g/mol. The van der Waals surface area contributed by atoms with Gasteiger partial charge in [0.1, 0.15) is 0 Å². The fourth-order valence-corrected chi connectivity index (χ4v) is 1.69. The summed E-state index contributed by atoms with van der Waals surface area (Å²) in [6.45, 7) is 4.05. The number of carbonyl (C=O) groups excluding carboxylic acids is 1. The lowest BCUT2D eigenvalue weighted by Crippen LogP contribution is -2.31. The van der Waals surface area contributed by atoms with Crippen molar-refractivity contribution in [1.82, 2.24) is 14.9 Å². The Balaban J connectivity index is 2.27. The first-order chi connectivity index (χ1) is 8.11. The fourth-order valence-electron chi connectivity index (χ4n) is 1.69. The number of aromatic nitrogens is 2. The normalized spacial score (nSPS) is 12.6. The Morgan fingerprint density at radius 2 is 2.29 bits per heavy atom. The van der Waals surface area contributed by atoms with E-state index >= 15 is 0 Å². The Kier molecular flexibility index (Phi) is 3.13. The maximum absolute atomic E-state index is 11.9. The lowest BCUT2D eigenvalue weighted by molar-refractivity contribution is 0.0939. The average Bonchev–Trinajstić information content (AvgIpc) is 2.70. The number of nitrogens with zero attached hydrogens (tertiary/aromatic N) is 2. The highest BCUT2D eigenvalue weighted by atomic mass is 16.1. The molecule has 1 N–H and O–H groups in total. The zero-order valence-electron chi connectivity index (χ0n) is 10.4. The molecule has 0 aliphatic carbocycles. The van der Waals surface area contributed by atoms with Crippen molar-refractivity contribution in [3.05, 3.63) is 30.1 Å². The van der Waals surface area contributed by atoms with Crippen molar-refractivity contribution >= 4 is 16.9 Å². The van der Waals surface area contributed by atoms with Crippen LogP contribution in [0.3, 0.4) is 0 Å². The molecule has 4 heteroatoms. The van der Waals surface area contributed by atoms with Crippen LogP contribution in [-0.2, 0) is 7.05 Å². The van der Waals surface area contributed by atoms with E-state index < -0.39 is 0 Å². The minimum absolute atomic E-state index is 0.0353. The molecule has 0 aliphatic heterocycles. The van der Waals surface area contributed by atoms with Crippen LogP contribution in [0.2, 0.25) is 0 Å². The average molecular weight is 231 g/mol. The van der Waals surface area contributed by atoms with E-state index in [1.165, 1.54) is 0 Å². The maximum atomic E-state index is 11.9. The quantitative estimate of drug-likeness (QED) is 0.879. The molecule has 0 saturated carbocycles. The van der Waals surface area contributed by atoms with Crippen molar-refractivity contribution in [2.24, 2.45) is 7.05 Å². The van der Waals surface area contributed by atoms with Crippen molar-refractivity contribution in [2.75, 3.05) is 0 Å². The van der Waals surface area contributed by atoms with Gasteiger partial charge in [0.15, 0.2) is 0 Å². The van der Waals surface area contributed by atoms with Crippen LogP contribution >= 0.6 is 0 Å². The van der Waals surface area contributed by atoms with Gasteiger partial charge in [-0.25, -0.2) is 4.98 Å². The number of benzene rings is 1. The lowest BCUT2D eigenvalue weighted by Gasteiger charge is -2.11. The second-order valence-corrected chi connectivity index (χ2v) is 4.34. The fraction of sp³-hybridized carbons (Fsp3) is 0.385. The minimum Gasteiger partial charge on any atom is -0.350 e. The van der Waals surface area contributed by atoms with Crippen LogP contribution in [-0.4, -0.2) is 21.5 Å². The summed E-state index contributed by atoms with van der Waals surface area (Å²) in [4.78, 5) is 16.2. The molecule has 1 aromatic heterocycles. The van der Waals surface area contributed by atoms with E-state index in [9.17, 15) is 4.79 Å². The molecular weight excluding hydrogens is 214 g/mol. The van der Waals surface area contributed by atoms with E-state index in [2.05, 4.69) is 10.3 Å². The number of amides is 1. The van der Waals surface area contributed by atoms with Gasteiger partial charge in [0.25, 0.3) is 5.91 Å². The number of carbonyl (C=O) groups is 1. The summed E-state index contributed by atoms with van der Waals surface area (Å²) < 4.78 is 1.94. The molecule has 0 radical (unpaired) electrons. The molecule has 0 aliphatic rings. The number of fused-ring (bicyclic) bond motifs is 1. The molecule has 0 spiro atoms. The van der Waals surface area contributed by atoms with Crippen LogP contribution in [0.5, 0.6) is 0 Å². The van der Waals surface area contributed by atoms with Gasteiger partial charge < -0.3 is 9.88 Å². The summed E-state index contributed by atoms with van der Waals surface area (Å²) in [5, 5.41) is 2.94. The molecule has 1 unspecified atom stereocenters. The molecule has 2 aromatic rings. The van der Waals surface area contributed by atoms with E-state index in [0.29, 0.717) is 5.56 Å². The summed E-state index contributed by atoms with van der Waals surface area (Å²) in [7, 11) is 1.94. The second-order valence-electron chi connectivity index (χ2n) is 4.34. The molecule has 0 saturated heterocycles. The van der Waals surface area contributed by atoms with Gasteiger partial charge in [-0.15, -0.1) is 0 Å². The Bertz CT molecular complexity index is 545. The van der Waals surface area contributed by atoms with Crippen LogP contribution < -0.4 is 5.32 Å². The predicted octanol–water partition coefficient (Wildman–Crippen LogP) is 2.10. The van der Waals surface area contributed by atoms with Crippen LogP contribution in [0.1, 0.15) is 30.6 Å². The highest BCUT2D eigenvalue weighted by Gasteiger charge is 2.10. The molecule has 0 bridgehead atoms. The smallest absolute Gasteiger partial charge is 0.251 e. The van der Waals surface area contributed by atoms with Crippen molar-refractivity contribution < 1.29 is 4.79 Å². The summed E-state index contributed by atoms with van der Waals surface area (Å²) in [6.07, 6.45) is 2.68. The third-order valence-corrected chi connectivity index (χ3v) is 2.98. The zero-order valence-corrected chi connectivity index (χ0v) is 10.4. The Morgan fingerprint density at radius 3 is 3.00 bits per heavy atom. The van der Waals surface area contributed by atoms with Gasteiger partial charge in [0.2, 0.25) is 0 Å². The van der Waals surface area contributed by atoms with Gasteiger partial charge in [-0.1, -0.05) is 6.92 Å². The Hall–Kier alpha value is -1.84. The summed E-state index contributed by atoms with van der Waals surface area (Å²) in [6, 6.07) is 5.78. The Morgan fingerprint density at radius 1 is 1.53 bits per heavy atom. The molecule has 90 valence electrons. The van der Waals surface area contributed by atoms with Crippen molar-refractivity contribution in [2.45, 2.75) is 26.3 Å². The zero-order chi connectivity index (χ0) is 12.4. The molecule has 0 fully saturated rings. The first kappa shape index (κ1) is 11.6. The van der Waals surface area contributed by atoms with E-state index in [1.807, 2.05) is 43.7 Å². The third kappa shape index (κ3) is 2.30. The number of nitrogens with one attached hydrogen (secondary N) is 1. The number of aryl methyl sites for hydroxylation is 1. The van der Waals surface area contributed by atoms with E-state index in [4.69, 9.17) is 0 Å². The molecule has 4 nitrogen and oxygen atoms in total. The highest BCUT2D eigenvalue weighted by Crippen LogP contribution is 2.13. The summed E-state index contributed by atoms with van der Waals surface area (Å²) >= 11 is 0. The molecule has 1 aromatic carbocycles. The molecule has 1 atom stereocenters. The highest BCUT2D eigenvalue weighted by molar-refractivity contribution is 5.97. The van der Waals surface area contributed by atoms with Crippen molar-refractivity contribution in [3.63, 3.8) is 0 Å². The first-order valence-electron chi connectivity index (χ1n) is 5.83. The molecular formula is C13H17N3O. The van der Waals surface area contributed by atoms with Gasteiger partial charge in [-0.3, -0.25) is 4.79 Å². The van der Waals surface area contributed by atoms with Crippen LogP contribution in [0.25, 0.3) is 11.0 Å². The molecule has 17 heavy (non-hydrogen) atoms. The van der Waals surface area contributed by atoms with Gasteiger partial charge in [0, 0.05) is 18.7 Å². The lowest BCUT2D eigenvalue weighted by atomic mass is 10.1. The van der Waals surface area contributed by atoms with Crippen molar-refractivity contribution in [3.8, 4) is 0 Å². The largest absolute Gasteiger partial charge is 0.350 e. The SMILES string of the molecule is CCC(C)NC(=O)c1ccc2c(c1)ncn2C. The van der Waals surface area contributed by atoms with Gasteiger partial charge in [-0.2, -0.15) is 0 Å². The molecule has 1 heterocycles. The maximum Gasteiger partial charge on any atom is 0.251 e. The van der Waals surface area contributed by atoms with Crippen LogP contribution in [0.15, 0.2) is 24.5 Å². The van der Waals surface area contributed by atoms with Gasteiger partial charge in [-0.05, 0) is 31.5 Å². The van der Waals surface area contributed by atoms with Crippen LogP contribution in [0, 0.1) is 0 Å². The topological polar surface area (TPSA) is 46.9 Å². The predicted molar refractivity (Wildman–Crippen MR) is 67.9 cm³/mol. The summed E-state index contributed by atoms with van der Waals surface area (Å²) in [5.74, 6) is -0.0353. The standard InChI is InChI=1S/C13H17N3O/c1-4-9(2)15-13(17)10-5-6-12-11(7-10)14-8-16(12)3/h5-9H,4H2,1-3H3,(H,15,17). The third-order valence-electron chi connectivity index (χ3n) is 2.98. The molecule has 2 rings (SSSR count). The van der Waals surface area contributed by atoms with Crippen LogP contribution in [0.4, 0.5) is 0 Å². The second kappa shape index (κ2) is 4.57. The minimum atomic E-state index is -0.0353. The number of hydrogen-bond donors (Lipinski definition) is 1. The summed E-state index contributed by atoms with van der Waals surface area (Å²) in [5.41, 5.74) is 2.55. The van der Waals surface area contributed by atoms with Crippen molar-refractivity contribution in [1.29, 1.82) is 0 Å². The van der Waals surface area contributed by atoms with E-state index in [-0.39, 0.29) is 11.9 Å². The molecule has 1 amide bonds. The Labute approximate surface area is 101 Å². The number of imidazole rings is 1. The van der Waals surface area contributed by atoms with E-state index in [1.54, 1.807) is 6.33 Å².